The van der Waals surface area contributed by atoms with E-state index in [-0.39, 0.29) is 0 Å². The SMILES string of the molecule is C=C(C)[C@@H]1CC[C@](C)(N=[N+]=[N-])[C@@H](O)C1. The van der Waals surface area contributed by atoms with Crippen molar-refractivity contribution in [1.29, 1.82) is 0 Å². The highest BCUT2D eigenvalue weighted by atomic mass is 16.3. The molecule has 1 N–H and O–H groups in total. The highest BCUT2D eigenvalue weighted by Crippen LogP contribution is 2.37. The van der Waals surface area contributed by atoms with Crippen LogP contribution in [-0.4, -0.2) is 16.7 Å². The Bertz CT molecular complexity index is 283. The summed E-state index contributed by atoms with van der Waals surface area (Å²) in [6.45, 7) is 7.68. The molecule has 1 rings (SSSR count). The molecule has 0 spiro atoms. The third kappa shape index (κ3) is 2.08. The van der Waals surface area contributed by atoms with Gasteiger partial charge in [-0.15, -0.1) is 0 Å². The minimum Gasteiger partial charge on any atom is -0.392 e. The Morgan fingerprint density at radius 1 is 1.71 bits per heavy atom. The average Bonchev–Trinajstić information content (AvgIpc) is 2.10. The molecule has 0 aromatic heterocycles. The summed E-state index contributed by atoms with van der Waals surface area (Å²) in [6, 6.07) is 0. The lowest BCUT2D eigenvalue weighted by Crippen LogP contribution is -2.42. The highest BCUT2D eigenvalue weighted by Gasteiger charge is 2.38. The summed E-state index contributed by atoms with van der Waals surface area (Å²) >= 11 is 0. The number of allylic oxidation sites excluding steroid dienone is 1. The van der Waals surface area contributed by atoms with Crippen LogP contribution in [0.25, 0.3) is 10.4 Å². The number of hydrogen-bond donors (Lipinski definition) is 1. The monoisotopic (exact) mass is 195 g/mol. The van der Waals surface area contributed by atoms with E-state index in [1.54, 1.807) is 0 Å². The van der Waals surface area contributed by atoms with Gasteiger partial charge in [-0.25, -0.2) is 0 Å². The fraction of sp³-hybridized carbons (Fsp3) is 0.800. The van der Waals surface area contributed by atoms with E-state index in [4.69, 9.17) is 5.53 Å². The topological polar surface area (TPSA) is 69.0 Å². The normalized spacial score (nSPS) is 37.4. The first-order chi connectivity index (χ1) is 6.49. The smallest absolute Gasteiger partial charge is 0.0719 e. The van der Waals surface area contributed by atoms with Gasteiger partial charge in [-0.3, -0.25) is 0 Å². The van der Waals surface area contributed by atoms with Gasteiger partial charge < -0.3 is 5.11 Å². The molecule has 1 saturated carbocycles. The van der Waals surface area contributed by atoms with Crippen molar-refractivity contribution in [2.24, 2.45) is 11.0 Å². The molecule has 1 aliphatic rings. The molecule has 78 valence electrons. The van der Waals surface area contributed by atoms with Crippen LogP contribution in [0.3, 0.4) is 0 Å². The molecular formula is C10H17N3O. The molecule has 0 bridgehead atoms. The molecule has 0 amide bonds. The molecule has 4 nitrogen and oxygen atoms in total. The van der Waals surface area contributed by atoms with Crippen LogP contribution in [-0.2, 0) is 0 Å². The zero-order valence-corrected chi connectivity index (χ0v) is 8.77. The standard InChI is InChI=1S/C10H17N3O/c1-7(2)8-4-5-10(3,12-13-11)9(14)6-8/h8-9,14H,1,4-6H2,2-3H3/t8-,9+,10+/m1/s1. The first-order valence-electron chi connectivity index (χ1n) is 4.89. The third-order valence-corrected chi connectivity index (χ3v) is 3.19. The number of azide groups is 1. The van der Waals surface area contributed by atoms with Crippen molar-refractivity contribution in [3.8, 4) is 0 Å². The van der Waals surface area contributed by atoms with E-state index in [0.29, 0.717) is 12.3 Å². The van der Waals surface area contributed by atoms with E-state index in [1.165, 1.54) is 0 Å². The molecular weight excluding hydrogens is 178 g/mol. The van der Waals surface area contributed by atoms with E-state index in [9.17, 15) is 5.11 Å². The number of nitrogens with zero attached hydrogens (tertiary/aromatic N) is 3. The molecule has 4 heteroatoms. The molecule has 0 unspecified atom stereocenters. The molecule has 0 aromatic carbocycles. The summed E-state index contributed by atoms with van der Waals surface area (Å²) in [7, 11) is 0. The second-order valence-electron chi connectivity index (χ2n) is 4.38. The summed E-state index contributed by atoms with van der Waals surface area (Å²) in [4.78, 5) is 2.79. The quantitative estimate of drug-likeness (QED) is 0.313. The Morgan fingerprint density at radius 3 is 2.79 bits per heavy atom. The van der Waals surface area contributed by atoms with Gasteiger partial charge in [0, 0.05) is 4.91 Å². The van der Waals surface area contributed by atoms with Crippen LogP contribution >= 0.6 is 0 Å². The van der Waals surface area contributed by atoms with Crippen molar-refractivity contribution in [3.05, 3.63) is 22.6 Å². The highest BCUT2D eigenvalue weighted by molar-refractivity contribution is 5.05. The van der Waals surface area contributed by atoms with Crippen LogP contribution in [0.4, 0.5) is 0 Å². The number of aliphatic hydroxyl groups is 1. The van der Waals surface area contributed by atoms with Gasteiger partial charge in [-0.05, 0) is 37.6 Å². The van der Waals surface area contributed by atoms with Crippen molar-refractivity contribution in [2.45, 2.75) is 44.8 Å². The van der Waals surface area contributed by atoms with E-state index in [2.05, 4.69) is 16.6 Å². The predicted octanol–water partition coefficient (Wildman–Crippen LogP) is 2.79. The van der Waals surface area contributed by atoms with Crippen molar-refractivity contribution in [3.63, 3.8) is 0 Å². The Hall–Kier alpha value is -0.990. The van der Waals surface area contributed by atoms with Gasteiger partial charge >= 0.3 is 0 Å². The zero-order chi connectivity index (χ0) is 10.8. The van der Waals surface area contributed by atoms with Crippen LogP contribution in [0.15, 0.2) is 17.3 Å². The van der Waals surface area contributed by atoms with Crippen molar-refractivity contribution < 1.29 is 5.11 Å². The minimum absolute atomic E-state index is 0.368. The van der Waals surface area contributed by atoms with Crippen molar-refractivity contribution in [2.75, 3.05) is 0 Å². The van der Waals surface area contributed by atoms with Crippen LogP contribution < -0.4 is 0 Å². The van der Waals surface area contributed by atoms with E-state index in [0.717, 1.165) is 18.4 Å². The summed E-state index contributed by atoms with van der Waals surface area (Å²) < 4.78 is 0. The molecule has 0 aromatic rings. The largest absolute Gasteiger partial charge is 0.392 e. The zero-order valence-electron chi connectivity index (χ0n) is 8.77. The lowest BCUT2D eigenvalue weighted by molar-refractivity contribution is 0.0408. The average molecular weight is 195 g/mol. The van der Waals surface area contributed by atoms with Gasteiger partial charge in [-0.2, -0.15) is 0 Å². The lowest BCUT2D eigenvalue weighted by Gasteiger charge is -2.38. The molecule has 0 heterocycles. The van der Waals surface area contributed by atoms with Crippen molar-refractivity contribution >= 4 is 0 Å². The summed E-state index contributed by atoms with van der Waals surface area (Å²) in [5, 5.41) is 13.6. The Kier molecular flexibility index (Phi) is 3.19. The second kappa shape index (κ2) is 4.03. The fourth-order valence-electron chi connectivity index (χ4n) is 1.94. The Labute approximate surface area is 84.3 Å². The maximum atomic E-state index is 9.87. The van der Waals surface area contributed by atoms with Crippen LogP contribution in [0.1, 0.15) is 33.1 Å². The first-order valence-corrected chi connectivity index (χ1v) is 4.89. The second-order valence-corrected chi connectivity index (χ2v) is 4.38. The summed E-state index contributed by atoms with van der Waals surface area (Å²) in [5.74, 6) is 0.368. The Balaban J connectivity index is 2.73. The fourth-order valence-corrected chi connectivity index (χ4v) is 1.94. The Morgan fingerprint density at radius 2 is 2.36 bits per heavy atom. The maximum absolute atomic E-state index is 9.87. The van der Waals surface area contributed by atoms with Crippen LogP contribution in [0, 0.1) is 5.92 Å². The lowest BCUT2D eigenvalue weighted by atomic mass is 9.74. The van der Waals surface area contributed by atoms with Gasteiger partial charge in [0.25, 0.3) is 0 Å². The van der Waals surface area contributed by atoms with Gasteiger partial charge in [-0.1, -0.05) is 24.2 Å². The molecule has 3 atom stereocenters. The number of hydrogen-bond acceptors (Lipinski definition) is 2. The summed E-state index contributed by atoms with van der Waals surface area (Å²) in [5.41, 5.74) is 8.89. The van der Waals surface area contributed by atoms with Gasteiger partial charge in [0.05, 0.1) is 11.6 Å². The number of rotatable bonds is 2. The molecule has 0 aliphatic heterocycles. The van der Waals surface area contributed by atoms with Gasteiger partial charge in [0.1, 0.15) is 0 Å². The van der Waals surface area contributed by atoms with Crippen LogP contribution in [0.2, 0.25) is 0 Å². The van der Waals surface area contributed by atoms with E-state index in [1.807, 2.05) is 13.8 Å². The first kappa shape index (κ1) is 11.1. The van der Waals surface area contributed by atoms with E-state index >= 15 is 0 Å². The molecule has 14 heavy (non-hydrogen) atoms. The van der Waals surface area contributed by atoms with Gasteiger partial charge in [0.15, 0.2) is 0 Å². The molecule has 0 saturated heterocycles. The van der Waals surface area contributed by atoms with Crippen molar-refractivity contribution in [1.82, 2.24) is 0 Å². The predicted molar refractivity (Wildman–Crippen MR) is 55.7 cm³/mol. The maximum Gasteiger partial charge on any atom is 0.0719 e. The van der Waals surface area contributed by atoms with Crippen LogP contribution in [0.5, 0.6) is 0 Å². The molecule has 1 aliphatic carbocycles. The minimum atomic E-state index is -0.624. The summed E-state index contributed by atoms with van der Waals surface area (Å²) in [6.07, 6.45) is 1.79. The third-order valence-electron chi connectivity index (χ3n) is 3.19. The molecule has 1 fully saturated rings. The van der Waals surface area contributed by atoms with E-state index < -0.39 is 11.6 Å². The van der Waals surface area contributed by atoms with Gasteiger partial charge in [0.2, 0.25) is 0 Å². The number of aliphatic hydroxyl groups excluding tert-OH is 1. The molecule has 0 radical (unpaired) electrons.